The van der Waals surface area contributed by atoms with E-state index in [0.717, 1.165) is 44.3 Å². The third-order valence-electron chi connectivity index (χ3n) is 5.10. The number of amides is 1. The molecular weight excluding hydrogens is 298 g/mol. The molecule has 4 heteroatoms. The molecule has 0 bridgehead atoms. The zero-order valence-electron chi connectivity index (χ0n) is 15.0. The lowest BCUT2D eigenvalue weighted by Gasteiger charge is -2.38. The van der Waals surface area contributed by atoms with Gasteiger partial charge in [-0.2, -0.15) is 0 Å². The van der Waals surface area contributed by atoms with Gasteiger partial charge in [-0.25, -0.2) is 0 Å². The summed E-state index contributed by atoms with van der Waals surface area (Å²) >= 11 is 0. The Labute approximate surface area is 144 Å². The second kappa shape index (κ2) is 7.20. The molecule has 2 heterocycles. The van der Waals surface area contributed by atoms with E-state index in [4.69, 9.17) is 4.98 Å². The smallest absolute Gasteiger partial charge is 0.219 e. The Morgan fingerprint density at radius 3 is 2.67 bits per heavy atom. The van der Waals surface area contributed by atoms with Crippen LogP contribution in [0.2, 0.25) is 0 Å². The largest absolute Gasteiger partial charge is 0.371 e. The third kappa shape index (κ3) is 3.37. The fourth-order valence-electron chi connectivity index (χ4n) is 3.61. The summed E-state index contributed by atoms with van der Waals surface area (Å²) in [6.07, 6.45) is 4.17. The number of benzene rings is 1. The highest BCUT2D eigenvalue weighted by molar-refractivity contribution is 5.92. The molecule has 1 aromatic heterocycles. The van der Waals surface area contributed by atoms with Crippen LogP contribution in [-0.2, 0) is 11.2 Å². The molecule has 128 valence electrons. The summed E-state index contributed by atoms with van der Waals surface area (Å²) in [4.78, 5) is 20.8. The van der Waals surface area contributed by atoms with E-state index in [0.29, 0.717) is 6.04 Å². The Kier molecular flexibility index (Phi) is 5.03. The first-order valence-corrected chi connectivity index (χ1v) is 8.97. The monoisotopic (exact) mass is 325 g/mol. The van der Waals surface area contributed by atoms with Crippen molar-refractivity contribution in [2.24, 2.45) is 0 Å². The van der Waals surface area contributed by atoms with Crippen LogP contribution in [0.3, 0.4) is 0 Å². The Morgan fingerprint density at radius 2 is 2.00 bits per heavy atom. The zero-order chi connectivity index (χ0) is 17.1. The molecule has 1 aliphatic heterocycles. The molecule has 1 amide bonds. The molecule has 0 unspecified atom stereocenters. The number of piperidine rings is 1. The van der Waals surface area contributed by atoms with Crippen molar-refractivity contribution in [2.45, 2.75) is 45.6 Å². The van der Waals surface area contributed by atoms with E-state index < -0.39 is 0 Å². The zero-order valence-corrected chi connectivity index (χ0v) is 15.0. The molecule has 4 nitrogen and oxygen atoms in total. The Bertz CT molecular complexity index is 720. The lowest BCUT2D eigenvalue weighted by molar-refractivity contribution is -0.129. The number of hydrogen-bond acceptors (Lipinski definition) is 3. The number of aromatic nitrogens is 1. The maximum absolute atomic E-state index is 11.6. The van der Waals surface area contributed by atoms with Crippen LogP contribution in [0, 0.1) is 0 Å². The quantitative estimate of drug-likeness (QED) is 0.861. The van der Waals surface area contributed by atoms with Gasteiger partial charge >= 0.3 is 0 Å². The van der Waals surface area contributed by atoms with Crippen molar-refractivity contribution in [1.29, 1.82) is 0 Å². The third-order valence-corrected chi connectivity index (χ3v) is 5.10. The van der Waals surface area contributed by atoms with Gasteiger partial charge in [-0.1, -0.05) is 31.5 Å². The lowest BCUT2D eigenvalue weighted by atomic mass is 10.0. The fraction of sp³-hybridized carbons (Fsp3) is 0.500. The first kappa shape index (κ1) is 16.7. The molecule has 1 aromatic carbocycles. The number of rotatable bonds is 4. The van der Waals surface area contributed by atoms with E-state index in [-0.39, 0.29) is 5.91 Å². The van der Waals surface area contributed by atoms with Gasteiger partial charge in [0.05, 0.1) is 5.52 Å². The van der Waals surface area contributed by atoms with Gasteiger partial charge in [0.1, 0.15) is 0 Å². The van der Waals surface area contributed by atoms with Gasteiger partial charge < -0.3 is 9.80 Å². The molecule has 0 saturated carbocycles. The number of nitrogens with zero attached hydrogens (tertiary/aromatic N) is 3. The summed E-state index contributed by atoms with van der Waals surface area (Å²) in [6.45, 7) is 5.82. The maximum atomic E-state index is 11.6. The first-order chi connectivity index (χ1) is 11.6. The van der Waals surface area contributed by atoms with Crippen molar-refractivity contribution in [3.05, 3.63) is 36.0 Å². The number of fused-ring (bicyclic) bond motifs is 1. The van der Waals surface area contributed by atoms with Crippen molar-refractivity contribution in [1.82, 2.24) is 9.88 Å². The second-order valence-electron chi connectivity index (χ2n) is 6.75. The van der Waals surface area contributed by atoms with Gasteiger partial charge in [-0.15, -0.1) is 0 Å². The molecule has 1 aliphatic rings. The van der Waals surface area contributed by atoms with Crippen LogP contribution < -0.4 is 4.90 Å². The summed E-state index contributed by atoms with van der Waals surface area (Å²) in [7, 11) is 1.92. The van der Waals surface area contributed by atoms with Crippen LogP contribution in [0.5, 0.6) is 0 Å². The van der Waals surface area contributed by atoms with Crippen LogP contribution in [0.15, 0.2) is 30.3 Å². The normalized spacial score (nSPS) is 15.7. The van der Waals surface area contributed by atoms with Crippen LogP contribution in [0.4, 0.5) is 5.69 Å². The lowest BCUT2D eigenvalue weighted by Crippen LogP contribution is -2.45. The second-order valence-corrected chi connectivity index (χ2v) is 6.75. The Hall–Kier alpha value is -2.10. The van der Waals surface area contributed by atoms with Crippen molar-refractivity contribution in [2.75, 3.05) is 25.0 Å². The van der Waals surface area contributed by atoms with Crippen LogP contribution in [-0.4, -0.2) is 42.0 Å². The summed E-state index contributed by atoms with van der Waals surface area (Å²) in [5, 5.41) is 1.23. The molecule has 0 aliphatic carbocycles. The van der Waals surface area contributed by atoms with Crippen molar-refractivity contribution >= 4 is 22.5 Å². The predicted molar refractivity (Wildman–Crippen MR) is 99.4 cm³/mol. The van der Waals surface area contributed by atoms with Crippen LogP contribution in [0.25, 0.3) is 10.9 Å². The van der Waals surface area contributed by atoms with Crippen molar-refractivity contribution in [3.8, 4) is 0 Å². The average Bonchev–Trinajstić information content (AvgIpc) is 2.61. The number of carbonyl (C=O) groups excluding carboxylic acids is 1. The summed E-state index contributed by atoms with van der Waals surface area (Å²) < 4.78 is 0. The highest BCUT2D eigenvalue weighted by Crippen LogP contribution is 2.30. The van der Waals surface area contributed by atoms with Crippen LogP contribution in [0.1, 0.15) is 38.8 Å². The van der Waals surface area contributed by atoms with E-state index in [1.54, 1.807) is 6.92 Å². The fourth-order valence-corrected chi connectivity index (χ4v) is 3.61. The van der Waals surface area contributed by atoms with Gasteiger partial charge in [0, 0.05) is 49.9 Å². The minimum absolute atomic E-state index is 0.160. The van der Waals surface area contributed by atoms with E-state index >= 15 is 0 Å². The molecule has 0 atom stereocenters. The average molecular weight is 325 g/mol. The van der Waals surface area contributed by atoms with Gasteiger partial charge in [-0.05, 0) is 31.4 Å². The number of hydrogen-bond donors (Lipinski definition) is 0. The highest BCUT2D eigenvalue weighted by atomic mass is 16.2. The summed E-state index contributed by atoms with van der Waals surface area (Å²) in [5.74, 6) is 0.160. The molecule has 0 spiro atoms. The van der Waals surface area contributed by atoms with Gasteiger partial charge in [0.2, 0.25) is 5.91 Å². The minimum Gasteiger partial charge on any atom is -0.371 e. The topological polar surface area (TPSA) is 36.4 Å². The van der Waals surface area contributed by atoms with Crippen LogP contribution >= 0.6 is 0 Å². The Balaban J connectivity index is 1.86. The first-order valence-electron chi connectivity index (χ1n) is 8.97. The van der Waals surface area contributed by atoms with Gasteiger partial charge in [0.25, 0.3) is 0 Å². The summed E-state index contributed by atoms with van der Waals surface area (Å²) in [5.41, 5.74) is 3.56. The number of para-hydroxylation sites is 1. The van der Waals surface area contributed by atoms with Gasteiger partial charge in [-0.3, -0.25) is 9.78 Å². The minimum atomic E-state index is 0.160. The summed E-state index contributed by atoms with van der Waals surface area (Å²) in [6, 6.07) is 11.0. The predicted octanol–water partition coefficient (Wildman–Crippen LogP) is 3.63. The molecule has 24 heavy (non-hydrogen) atoms. The standard InChI is InChI=1S/C20H27N3O/c1-4-7-16-14-20(18-8-5-6-9-19(18)21-16)23-12-10-17(11-13-23)22(3)15(2)24/h5-6,8-9,14,17H,4,7,10-13H2,1-3H3. The van der Waals surface area contributed by atoms with Crippen molar-refractivity contribution < 1.29 is 4.79 Å². The van der Waals surface area contributed by atoms with E-state index in [2.05, 4.69) is 42.2 Å². The SMILES string of the molecule is CCCc1cc(N2CCC(N(C)C(C)=O)CC2)c2ccccc2n1. The maximum Gasteiger partial charge on any atom is 0.219 e. The number of aryl methyl sites for hydroxylation is 1. The molecule has 0 radical (unpaired) electrons. The molecule has 1 saturated heterocycles. The molecule has 3 rings (SSSR count). The molecule has 1 fully saturated rings. The van der Waals surface area contributed by atoms with E-state index in [1.165, 1.54) is 16.8 Å². The number of pyridine rings is 1. The number of carbonyl (C=O) groups is 1. The molecule has 2 aromatic rings. The van der Waals surface area contributed by atoms with Crippen molar-refractivity contribution in [3.63, 3.8) is 0 Å². The highest BCUT2D eigenvalue weighted by Gasteiger charge is 2.25. The van der Waals surface area contributed by atoms with Gasteiger partial charge in [0.15, 0.2) is 0 Å². The molecule has 0 N–H and O–H groups in total. The number of anilines is 1. The Morgan fingerprint density at radius 1 is 1.29 bits per heavy atom. The molecular formula is C20H27N3O. The van der Waals surface area contributed by atoms with E-state index in [9.17, 15) is 4.79 Å². The van der Waals surface area contributed by atoms with E-state index in [1.807, 2.05) is 11.9 Å².